The highest BCUT2D eigenvalue weighted by Crippen LogP contribution is 2.38. The van der Waals surface area contributed by atoms with Crippen LogP contribution in [-0.4, -0.2) is 5.78 Å². The van der Waals surface area contributed by atoms with Gasteiger partial charge in [-0.05, 0) is 36.7 Å². The van der Waals surface area contributed by atoms with E-state index in [0.717, 1.165) is 32.1 Å². The predicted molar refractivity (Wildman–Crippen MR) is 62.7 cm³/mol. The van der Waals surface area contributed by atoms with Gasteiger partial charge in [0.15, 0.2) is 0 Å². The van der Waals surface area contributed by atoms with Crippen LogP contribution in [0.25, 0.3) is 0 Å². The number of carbonyl (C=O) groups excluding carboxylic acids is 1. The molecule has 0 unspecified atom stereocenters. The molecule has 0 bridgehead atoms. The summed E-state index contributed by atoms with van der Waals surface area (Å²) in [7, 11) is 0. The molecule has 0 aliphatic heterocycles. The molecule has 0 spiro atoms. The first kappa shape index (κ1) is 10.7. The van der Waals surface area contributed by atoms with Gasteiger partial charge < -0.3 is 0 Å². The third-order valence-corrected chi connectivity index (χ3v) is 3.51. The van der Waals surface area contributed by atoms with Crippen molar-refractivity contribution < 1.29 is 4.79 Å². The second kappa shape index (κ2) is 3.96. The Kier molecular flexibility index (Phi) is 2.81. The first-order valence-corrected chi connectivity index (χ1v) is 5.96. The van der Waals surface area contributed by atoms with Gasteiger partial charge in [0.1, 0.15) is 5.78 Å². The molecule has 2 rings (SSSR count). The maximum atomic E-state index is 11.4. The van der Waals surface area contributed by atoms with E-state index in [0.29, 0.717) is 11.2 Å². The summed E-state index contributed by atoms with van der Waals surface area (Å²) >= 11 is 0. The molecule has 0 aromatic rings. The fourth-order valence-corrected chi connectivity index (χ4v) is 2.60. The van der Waals surface area contributed by atoms with Crippen molar-refractivity contribution in [3.63, 3.8) is 0 Å². The molecule has 0 radical (unpaired) electrons. The minimum atomic E-state index is 0.376. The fourth-order valence-electron chi connectivity index (χ4n) is 2.60. The molecule has 1 nitrogen and oxygen atoms in total. The maximum Gasteiger partial charge on any atom is 0.133 e. The van der Waals surface area contributed by atoms with Gasteiger partial charge in [-0.1, -0.05) is 31.6 Å². The summed E-state index contributed by atoms with van der Waals surface area (Å²) < 4.78 is 0. The van der Waals surface area contributed by atoms with Gasteiger partial charge in [-0.15, -0.1) is 0 Å². The van der Waals surface area contributed by atoms with Crippen LogP contribution < -0.4 is 0 Å². The molecule has 0 heterocycles. The predicted octanol–water partition coefficient (Wildman–Crippen LogP) is 3.80. The first-order valence-electron chi connectivity index (χ1n) is 5.96. The van der Waals surface area contributed by atoms with E-state index in [1.807, 2.05) is 0 Å². The summed E-state index contributed by atoms with van der Waals surface area (Å²) in [6, 6.07) is 0. The van der Waals surface area contributed by atoms with Crippen molar-refractivity contribution in [1.82, 2.24) is 0 Å². The maximum absolute atomic E-state index is 11.4. The molecule has 82 valence electrons. The van der Waals surface area contributed by atoms with Gasteiger partial charge in [-0.3, -0.25) is 4.79 Å². The van der Waals surface area contributed by atoms with Crippen LogP contribution in [0.5, 0.6) is 0 Å². The standard InChI is InChI=1S/C14H20O/c1-14(2)9-3-4-11-5-7-13(15)8-6-12(11)10-14/h3-4H,5-10H2,1-2H3. The van der Waals surface area contributed by atoms with Gasteiger partial charge in [-0.25, -0.2) is 0 Å². The molecule has 2 aliphatic rings. The van der Waals surface area contributed by atoms with Gasteiger partial charge in [0.2, 0.25) is 0 Å². The molecule has 15 heavy (non-hydrogen) atoms. The van der Waals surface area contributed by atoms with E-state index in [2.05, 4.69) is 26.0 Å². The largest absolute Gasteiger partial charge is 0.300 e. The topological polar surface area (TPSA) is 17.1 Å². The van der Waals surface area contributed by atoms with E-state index >= 15 is 0 Å². The zero-order chi connectivity index (χ0) is 10.9. The molecule has 0 saturated heterocycles. The monoisotopic (exact) mass is 204 g/mol. The van der Waals surface area contributed by atoms with Crippen LogP contribution >= 0.6 is 0 Å². The van der Waals surface area contributed by atoms with Crippen molar-refractivity contribution in [2.75, 3.05) is 0 Å². The van der Waals surface area contributed by atoms with Gasteiger partial charge >= 0.3 is 0 Å². The minimum Gasteiger partial charge on any atom is -0.300 e. The average molecular weight is 204 g/mol. The van der Waals surface area contributed by atoms with E-state index < -0.39 is 0 Å². The highest BCUT2D eigenvalue weighted by atomic mass is 16.1. The molecule has 2 aliphatic carbocycles. The number of rotatable bonds is 0. The van der Waals surface area contributed by atoms with Crippen LogP contribution in [0.2, 0.25) is 0 Å². The lowest BCUT2D eigenvalue weighted by Gasteiger charge is -2.23. The van der Waals surface area contributed by atoms with Gasteiger partial charge in [0.25, 0.3) is 0 Å². The van der Waals surface area contributed by atoms with Crippen LogP contribution in [0.4, 0.5) is 0 Å². The van der Waals surface area contributed by atoms with Gasteiger partial charge in [-0.2, -0.15) is 0 Å². The summed E-state index contributed by atoms with van der Waals surface area (Å²) in [6.07, 6.45) is 10.4. The Balaban J connectivity index is 2.24. The number of hydrogen-bond acceptors (Lipinski definition) is 1. The Bertz CT molecular complexity index is 331. The van der Waals surface area contributed by atoms with Crippen LogP contribution in [0.1, 0.15) is 52.4 Å². The number of hydrogen-bond donors (Lipinski definition) is 0. The number of carbonyl (C=O) groups is 1. The number of allylic oxidation sites excluding steroid dienone is 4. The van der Waals surface area contributed by atoms with Crippen molar-refractivity contribution in [1.29, 1.82) is 0 Å². The molecule has 0 aromatic carbocycles. The molecule has 0 atom stereocenters. The van der Waals surface area contributed by atoms with Crippen LogP contribution in [0, 0.1) is 5.41 Å². The van der Waals surface area contributed by atoms with Gasteiger partial charge in [0.05, 0.1) is 0 Å². The van der Waals surface area contributed by atoms with Crippen molar-refractivity contribution in [2.45, 2.75) is 52.4 Å². The average Bonchev–Trinajstić information content (AvgIpc) is 2.39. The lowest BCUT2D eigenvalue weighted by molar-refractivity contribution is -0.118. The zero-order valence-electron chi connectivity index (χ0n) is 9.81. The first-order chi connectivity index (χ1) is 7.07. The van der Waals surface area contributed by atoms with E-state index in [-0.39, 0.29) is 0 Å². The summed E-state index contributed by atoms with van der Waals surface area (Å²) in [4.78, 5) is 11.4. The summed E-state index contributed by atoms with van der Waals surface area (Å²) in [5.41, 5.74) is 3.37. The molecule has 0 saturated carbocycles. The Morgan fingerprint density at radius 3 is 2.67 bits per heavy atom. The minimum absolute atomic E-state index is 0.376. The van der Waals surface area contributed by atoms with Crippen molar-refractivity contribution in [2.24, 2.45) is 5.41 Å². The molecule has 1 heteroatoms. The third kappa shape index (κ3) is 2.58. The van der Waals surface area contributed by atoms with Crippen LogP contribution in [0.3, 0.4) is 0 Å². The Hall–Kier alpha value is -0.850. The second-order valence-corrected chi connectivity index (χ2v) is 5.61. The van der Waals surface area contributed by atoms with E-state index in [4.69, 9.17) is 0 Å². The number of ketones is 1. The smallest absolute Gasteiger partial charge is 0.133 e. The Morgan fingerprint density at radius 1 is 1.13 bits per heavy atom. The lowest BCUT2D eigenvalue weighted by Crippen LogP contribution is -2.10. The molecule has 0 amide bonds. The zero-order valence-corrected chi connectivity index (χ0v) is 9.81. The second-order valence-electron chi connectivity index (χ2n) is 5.61. The Labute approximate surface area is 92.3 Å². The number of Topliss-reactive ketones (excluding diaryl/α,β-unsaturated/α-hetero) is 1. The molecule has 0 N–H and O–H groups in total. The van der Waals surface area contributed by atoms with Crippen molar-refractivity contribution in [3.8, 4) is 0 Å². The van der Waals surface area contributed by atoms with Crippen molar-refractivity contribution in [3.05, 3.63) is 23.3 Å². The fraction of sp³-hybridized carbons (Fsp3) is 0.643. The quantitative estimate of drug-likeness (QED) is 0.586. The van der Waals surface area contributed by atoms with Crippen LogP contribution in [0.15, 0.2) is 23.3 Å². The summed E-state index contributed by atoms with van der Waals surface area (Å²) in [6.45, 7) is 4.64. The van der Waals surface area contributed by atoms with E-state index in [9.17, 15) is 4.79 Å². The highest BCUT2D eigenvalue weighted by molar-refractivity contribution is 5.79. The van der Waals surface area contributed by atoms with Crippen LogP contribution in [-0.2, 0) is 4.79 Å². The SMILES string of the molecule is CC1(C)CC=CC2=C(CCC(=O)CC2)C1. The summed E-state index contributed by atoms with van der Waals surface area (Å²) in [5, 5.41) is 0. The third-order valence-electron chi connectivity index (χ3n) is 3.51. The van der Waals surface area contributed by atoms with Crippen molar-refractivity contribution >= 4 is 5.78 Å². The molecular weight excluding hydrogens is 184 g/mol. The Morgan fingerprint density at radius 2 is 1.87 bits per heavy atom. The molecule has 0 aromatic heterocycles. The normalized spacial score (nSPS) is 25.9. The summed E-state index contributed by atoms with van der Waals surface area (Å²) in [5.74, 6) is 0.439. The molecule has 0 fully saturated rings. The lowest BCUT2D eigenvalue weighted by atomic mass is 9.82. The highest BCUT2D eigenvalue weighted by Gasteiger charge is 2.24. The van der Waals surface area contributed by atoms with E-state index in [1.165, 1.54) is 12.0 Å². The molecular formula is C14H20O. The van der Waals surface area contributed by atoms with Gasteiger partial charge in [0, 0.05) is 12.8 Å². The van der Waals surface area contributed by atoms with E-state index in [1.54, 1.807) is 5.57 Å².